The van der Waals surface area contributed by atoms with E-state index >= 15 is 0 Å². The number of carbonyl (C=O) groups is 1. The largest absolute Gasteiger partial charge is 0.497 e. The van der Waals surface area contributed by atoms with E-state index in [9.17, 15) is 4.79 Å². The molecule has 0 amide bonds. The number of ether oxygens (including phenoxy) is 1. The number of benzene rings is 2. The monoisotopic (exact) mass is 308 g/mol. The van der Waals surface area contributed by atoms with Crippen LogP contribution in [0.1, 0.15) is 25.3 Å². The molecule has 0 aliphatic rings. The second-order valence-electron chi connectivity index (χ2n) is 5.53. The van der Waals surface area contributed by atoms with Gasteiger partial charge in [0.1, 0.15) is 22.9 Å². The van der Waals surface area contributed by atoms with E-state index in [-0.39, 0.29) is 5.78 Å². The first-order chi connectivity index (χ1) is 11.2. The summed E-state index contributed by atoms with van der Waals surface area (Å²) in [6, 6.07) is 15.8. The number of methoxy groups -OCH3 is 1. The van der Waals surface area contributed by atoms with Crippen LogP contribution in [0, 0.1) is 0 Å². The highest BCUT2D eigenvalue weighted by Crippen LogP contribution is 2.35. The molecule has 0 aliphatic carbocycles. The Hall–Kier alpha value is -2.55. The van der Waals surface area contributed by atoms with Crippen molar-refractivity contribution in [2.75, 3.05) is 7.11 Å². The second-order valence-corrected chi connectivity index (χ2v) is 5.53. The Kier molecular flexibility index (Phi) is 4.47. The third-order valence-electron chi connectivity index (χ3n) is 4.10. The van der Waals surface area contributed by atoms with Crippen LogP contribution >= 0.6 is 0 Å². The van der Waals surface area contributed by atoms with E-state index in [0.717, 1.165) is 33.6 Å². The number of rotatable bonds is 6. The molecule has 3 nitrogen and oxygen atoms in total. The van der Waals surface area contributed by atoms with Crippen molar-refractivity contribution in [3.8, 4) is 17.1 Å². The molecule has 0 unspecified atom stereocenters. The SMILES string of the molecule is CCC(=O)CCc1c(-c2ccc(OC)cc2)oc2ccccc12. The minimum Gasteiger partial charge on any atom is -0.497 e. The highest BCUT2D eigenvalue weighted by Gasteiger charge is 2.16. The minimum atomic E-state index is 0.274. The van der Waals surface area contributed by atoms with Crippen LogP contribution in [0.25, 0.3) is 22.3 Å². The molecular weight excluding hydrogens is 288 g/mol. The van der Waals surface area contributed by atoms with Crippen molar-refractivity contribution in [2.45, 2.75) is 26.2 Å². The number of ketones is 1. The standard InChI is InChI=1S/C20H20O3/c1-3-15(21)10-13-18-17-6-4-5-7-19(17)23-20(18)14-8-11-16(22-2)12-9-14/h4-9,11-12H,3,10,13H2,1-2H3. The Bertz CT molecular complexity index is 813. The number of Topliss-reactive ketones (excluding diaryl/α,β-unsaturated/α-hetero) is 1. The van der Waals surface area contributed by atoms with Gasteiger partial charge in [0.05, 0.1) is 7.11 Å². The summed E-state index contributed by atoms with van der Waals surface area (Å²) in [5.41, 5.74) is 2.96. The van der Waals surface area contributed by atoms with E-state index in [1.807, 2.05) is 49.4 Å². The third-order valence-corrected chi connectivity index (χ3v) is 4.10. The van der Waals surface area contributed by atoms with E-state index in [0.29, 0.717) is 19.3 Å². The smallest absolute Gasteiger partial charge is 0.138 e. The summed E-state index contributed by atoms with van der Waals surface area (Å²) in [7, 11) is 1.65. The summed E-state index contributed by atoms with van der Waals surface area (Å²) >= 11 is 0. The maximum Gasteiger partial charge on any atom is 0.138 e. The van der Waals surface area contributed by atoms with Gasteiger partial charge in [0.25, 0.3) is 0 Å². The number of hydrogen-bond acceptors (Lipinski definition) is 3. The highest BCUT2D eigenvalue weighted by molar-refractivity contribution is 5.89. The van der Waals surface area contributed by atoms with Crippen LogP contribution in [0.15, 0.2) is 52.9 Å². The molecule has 0 N–H and O–H groups in total. The topological polar surface area (TPSA) is 39.4 Å². The van der Waals surface area contributed by atoms with Gasteiger partial charge < -0.3 is 9.15 Å². The molecule has 1 heterocycles. The van der Waals surface area contributed by atoms with Gasteiger partial charge in [0, 0.05) is 29.4 Å². The fraction of sp³-hybridized carbons (Fsp3) is 0.250. The number of hydrogen-bond donors (Lipinski definition) is 0. The summed E-state index contributed by atoms with van der Waals surface area (Å²) < 4.78 is 11.3. The highest BCUT2D eigenvalue weighted by atomic mass is 16.5. The molecule has 2 aromatic carbocycles. The molecule has 3 heteroatoms. The summed E-state index contributed by atoms with van der Waals surface area (Å²) in [6.45, 7) is 1.90. The minimum absolute atomic E-state index is 0.274. The van der Waals surface area contributed by atoms with Gasteiger partial charge in [-0.15, -0.1) is 0 Å². The Morgan fingerprint density at radius 1 is 1.09 bits per heavy atom. The van der Waals surface area contributed by atoms with Crippen molar-refractivity contribution in [2.24, 2.45) is 0 Å². The molecule has 0 saturated heterocycles. The molecular formula is C20H20O3. The van der Waals surface area contributed by atoms with Crippen LogP contribution < -0.4 is 4.74 Å². The van der Waals surface area contributed by atoms with Gasteiger partial charge in [0.15, 0.2) is 0 Å². The molecule has 0 spiro atoms. The fourth-order valence-corrected chi connectivity index (χ4v) is 2.76. The van der Waals surface area contributed by atoms with Crippen LogP contribution in [-0.2, 0) is 11.2 Å². The quantitative estimate of drug-likeness (QED) is 0.642. The van der Waals surface area contributed by atoms with Gasteiger partial charge in [-0.3, -0.25) is 4.79 Å². The van der Waals surface area contributed by atoms with Crippen LogP contribution in [0.3, 0.4) is 0 Å². The van der Waals surface area contributed by atoms with E-state index in [4.69, 9.17) is 9.15 Å². The second kappa shape index (κ2) is 6.69. The predicted octanol–water partition coefficient (Wildman–Crippen LogP) is 5.02. The fourth-order valence-electron chi connectivity index (χ4n) is 2.76. The zero-order valence-electron chi connectivity index (χ0n) is 13.5. The van der Waals surface area contributed by atoms with E-state index in [1.54, 1.807) is 7.11 Å². The number of carbonyl (C=O) groups excluding carboxylic acids is 1. The number of aryl methyl sites for hydroxylation is 1. The summed E-state index contributed by atoms with van der Waals surface area (Å²) in [5.74, 6) is 1.93. The zero-order chi connectivity index (χ0) is 16.2. The maximum atomic E-state index is 11.7. The first-order valence-electron chi connectivity index (χ1n) is 7.89. The average molecular weight is 308 g/mol. The van der Waals surface area contributed by atoms with Crippen molar-refractivity contribution >= 4 is 16.8 Å². The first-order valence-corrected chi connectivity index (χ1v) is 7.89. The van der Waals surface area contributed by atoms with Crippen LogP contribution in [0.2, 0.25) is 0 Å². The lowest BCUT2D eigenvalue weighted by molar-refractivity contribution is -0.118. The molecule has 0 atom stereocenters. The van der Waals surface area contributed by atoms with Crippen LogP contribution in [0.5, 0.6) is 5.75 Å². The van der Waals surface area contributed by atoms with Crippen molar-refractivity contribution in [3.05, 3.63) is 54.1 Å². The number of furan rings is 1. The van der Waals surface area contributed by atoms with Gasteiger partial charge in [-0.2, -0.15) is 0 Å². The number of para-hydroxylation sites is 1. The van der Waals surface area contributed by atoms with Crippen molar-refractivity contribution in [1.82, 2.24) is 0 Å². The predicted molar refractivity (Wildman–Crippen MR) is 91.8 cm³/mol. The van der Waals surface area contributed by atoms with E-state index in [1.165, 1.54) is 0 Å². The first kappa shape index (κ1) is 15.3. The Morgan fingerprint density at radius 2 is 1.83 bits per heavy atom. The van der Waals surface area contributed by atoms with E-state index < -0.39 is 0 Å². The molecule has 0 aliphatic heterocycles. The van der Waals surface area contributed by atoms with E-state index in [2.05, 4.69) is 6.07 Å². The Labute approximate surface area is 135 Å². The Morgan fingerprint density at radius 3 is 2.52 bits per heavy atom. The van der Waals surface area contributed by atoms with Crippen molar-refractivity contribution < 1.29 is 13.9 Å². The van der Waals surface area contributed by atoms with Crippen LogP contribution in [0.4, 0.5) is 0 Å². The van der Waals surface area contributed by atoms with Crippen LogP contribution in [-0.4, -0.2) is 12.9 Å². The molecule has 0 bridgehead atoms. The van der Waals surface area contributed by atoms with Crippen molar-refractivity contribution in [1.29, 1.82) is 0 Å². The summed E-state index contributed by atoms with van der Waals surface area (Å²) in [6.07, 6.45) is 1.82. The number of fused-ring (bicyclic) bond motifs is 1. The maximum absolute atomic E-state index is 11.7. The molecule has 0 saturated carbocycles. The molecule has 0 radical (unpaired) electrons. The molecule has 3 aromatic rings. The van der Waals surface area contributed by atoms with Gasteiger partial charge in [-0.1, -0.05) is 25.1 Å². The van der Waals surface area contributed by atoms with Gasteiger partial charge in [-0.25, -0.2) is 0 Å². The molecule has 3 rings (SSSR count). The molecule has 0 fully saturated rings. The lowest BCUT2D eigenvalue weighted by atomic mass is 10.00. The van der Waals surface area contributed by atoms with Gasteiger partial charge in [0.2, 0.25) is 0 Å². The Balaban J connectivity index is 2.05. The lowest BCUT2D eigenvalue weighted by Crippen LogP contribution is -1.98. The van der Waals surface area contributed by atoms with Gasteiger partial charge in [-0.05, 0) is 36.8 Å². The third kappa shape index (κ3) is 3.14. The normalized spacial score (nSPS) is 10.9. The molecule has 1 aromatic heterocycles. The zero-order valence-corrected chi connectivity index (χ0v) is 13.5. The summed E-state index contributed by atoms with van der Waals surface area (Å²) in [4.78, 5) is 11.7. The van der Waals surface area contributed by atoms with Gasteiger partial charge >= 0.3 is 0 Å². The summed E-state index contributed by atoms with van der Waals surface area (Å²) in [5, 5.41) is 1.09. The molecule has 23 heavy (non-hydrogen) atoms. The molecule has 118 valence electrons. The average Bonchev–Trinajstić information content (AvgIpc) is 2.98. The van der Waals surface area contributed by atoms with Crippen molar-refractivity contribution in [3.63, 3.8) is 0 Å². The lowest BCUT2D eigenvalue weighted by Gasteiger charge is -2.04.